The molecule has 3 rings (SSSR count). The highest BCUT2D eigenvalue weighted by Crippen LogP contribution is 2.24. The SMILES string of the molecule is Cc1cccc(OCc2nnc(S[C@@H](C)C(=O)Nc3cc(C)ccc3C)o2)c1. The van der Waals surface area contributed by atoms with Crippen molar-refractivity contribution in [2.45, 2.75) is 44.8 Å². The monoisotopic (exact) mass is 397 g/mol. The molecule has 7 heteroatoms. The van der Waals surface area contributed by atoms with Crippen LogP contribution in [-0.2, 0) is 11.4 Å². The fourth-order valence-corrected chi connectivity index (χ4v) is 3.20. The van der Waals surface area contributed by atoms with Gasteiger partial charge in [-0.2, -0.15) is 0 Å². The first kappa shape index (κ1) is 19.9. The minimum absolute atomic E-state index is 0.116. The third-order valence-electron chi connectivity index (χ3n) is 4.10. The highest BCUT2D eigenvalue weighted by atomic mass is 32.2. The Hall–Kier alpha value is -2.80. The van der Waals surface area contributed by atoms with Gasteiger partial charge in [0.05, 0.1) is 5.25 Å². The summed E-state index contributed by atoms with van der Waals surface area (Å²) in [4.78, 5) is 12.5. The number of amides is 1. The van der Waals surface area contributed by atoms with Crippen LogP contribution in [0.15, 0.2) is 52.1 Å². The van der Waals surface area contributed by atoms with Gasteiger partial charge in [0.15, 0.2) is 6.61 Å². The van der Waals surface area contributed by atoms with E-state index in [1.807, 2.05) is 63.2 Å². The van der Waals surface area contributed by atoms with Crippen LogP contribution in [0.25, 0.3) is 0 Å². The molecule has 0 spiro atoms. The summed E-state index contributed by atoms with van der Waals surface area (Å²) in [7, 11) is 0. The quantitative estimate of drug-likeness (QED) is 0.583. The van der Waals surface area contributed by atoms with Crippen LogP contribution >= 0.6 is 11.8 Å². The Bertz CT molecular complexity index is 971. The number of aromatic nitrogens is 2. The molecule has 0 aliphatic heterocycles. The Morgan fingerprint density at radius 3 is 2.71 bits per heavy atom. The summed E-state index contributed by atoms with van der Waals surface area (Å²) in [5.41, 5.74) is 4.04. The number of rotatable bonds is 7. The standard InChI is InChI=1S/C21H23N3O3S/c1-13-6-5-7-17(10-13)26-12-19-23-24-21(27-19)28-16(4)20(25)22-18-11-14(2)8-9-15(18)3/h5-11,16H,12H2,1-4H3,(H,22,25)/t16-/m0/s1. The number of carbonyl (C=O) groups excluding carboxylic acids is 1. The number of hydrogen-bond donors (Lipinski definition) is 1. The normalized spacial score (nSPS) is 11.9. The van der Waals surface area contributed by atoms with Gasteiger partial charge in [0.2, 0.25) is 5.91 Å². The van der Waals surface area contributed by atoms with Crippen LogP contribution in [0.4, 0.5) is 5.69 Å². The second-order valence-electron chi connectivity index (χ2n) is 6.63. The Morgan fingerprint density at radius 2 is 1.93 bits per heavy atom. The molecule has 6 nitrogen and oxygen atoms in total. The summed E-state index contributed by atoms with van der Waals surface area (Å²) in [6.45, 7) is 7.94. The molecule has 1 atom stereocenters. The van der Waals surface area contributed by atoms with E-state index in [1.54, 1.807) is 6.92 Å². The van der Waals surface area contributed by atoms with Gasteiger partial charge in [0.1, 0.15) is 5.75 Å². The zero-order valence-corrected chi connectivity index (χ0v) is 17.2. The van der Waals surface area contributed by atoms with Gasteiger partial charge in [0, 0.05) is 5.69 Å². The molecule has 0 fully saturated rings. The molecule has 146 valence electrons. The lowest BCUT2D eigenvalue weighted by Crippen LogP contribution is -2.22. The lowest BCUT2D eigenvalue weighted by atomic mass is 10.1. The largest absolute Gasteiger partial charge is 0.484 e. The molecular weight excluding hydrogens is 374 g/mol. The second kappa shape index (κ2) is 8.93. The first-order valence-electron chi connectivity index (χ1n) is 8.97. The maximum absolute atomic E-state index is 12.5. The van der Waals surface area contributed by atoms with Gasteiger partial charge in [0.25, 0.3) is 11.1 Å². The molecule has 3 aromatic rings. The zero-order chi connectivity index (χ0) is 20.1. The van der Waals surface area contributed by atoms with Gasteiger partial charge in [-0.1, -0.05) is 36.0 Å². The van der Waals surface area contributed by atoms with Crippen molar-refractivity contribution in [3.05, 3.63) is 65.0 Å². The molecule has 0 saturated heterocycles. The van der Waals surface area contributed by atoms with E-state index in [2.05, 4.69) is 15.5 Å². The fraction of sp³-hybridized carbons (Fsp3) is 0.286. The number of nitrogens with one attached hydrogen (secondary N) is 1. The van der Waals surface area contributed by atoms with Crippen molar-refractivity contribution in [3.63, 3.8) is 0 Å². The van der Waals surface area contributed by atoms with Crippen molar-refractivity contribution in [1.29, 1.82) is 0 Å². The van der Waals surface area contributed by atoms with Crippen LogP contribution in [0, 0.1) is 20.8 Å². The first-order chi connectivity index (χ1) is 13.4. The van der Waals surface area contributed by atoms with Gasteiger partial charge in [-0.15, -0.1) is 10.2 Å². The number of nitrogens with zero attached hydrogens (tertiary/aromatic N) is 2. The summed E-state index contributed by atoms with van der Waals surface area (Å²) < 4.78 is 11.2. The Morgan fingerprint density at radius 1 is 1.14 bits per heavy atom. The van der Waals surface area contributed by atoms with Gasteiger partial charge < -0.3 is 14.5 Å². The molecule has 1 amide bonds. The highest BCUT2D eigenvalue weighted by molar-refractivity contribution is 8.00. The number of hydrogen-bond acceptors (Lipinski definition) is 6. The summed E-state index contributed by atoms with van der Waals surface area (Å²) in [6, 6.07) is 13.7. The number of anilines is 1. The van der Waals surface area contributed by atoms with Crippen molar-refractivity contribution >= 4 is 23.4 Å². The summed E-state index contributed by atoms with van der Waals surface area (Å²) in [5, 5.41) is 10.9. The third-order valence-corrected chi connectivity index (χ3v) is 5.03. The van der Waals surface area contributed by atoms with E-state index < -0.39 is 0 Å². The number of benzene rings is 2. The maximum atomic E-state index is 12.5. The molecule has 1 N–H and O–H groups in total. The summed E-state index contributed by atoms with van der Waals surface area (Å²) in [6.07, 6.45) is 0. The second-order valence-corrected chi connectivity index (χ2v) is 7.93. The van der Waals surface area contributed by atoms with Crippen LogP contribution < -0.4 is 10.1 Å². The predicted octanol–water partition coefficient (Wildman–Crippen LogP) is 4.69. The molecule has 0 saturated carbocycles. The molecule has 1 aromatic heterocycles. The molecule has 0 bridgehead atoms. The Kier molecular flexibility index (Phi) is 6.36. The molecule has 0 unspecified atom stereocenters. The highest BCUT2D eigenvalue weighted by Gasteiger charge is 2.19. The first-order valence-corrected chi connectivity index (χ1v) is 9.85. The van der Waals surface area contributed by atoms with E-state index in [4.69, 9.17) is 9.15 Å². The van der Waals surface area contributed by atoms with Gasteiger partial charge >= 0.3 is 0 Å². The van der Waals surface area contributed by atoms with Crippen molar-refractivity contribution < 1.29 is 13.9 Å². The van der Waals surface area contributed by atoms with E-state index in [-0.39, 0.29) is 17.8 Å². The predicted molar refractivity (Wildman–Crippen MR) is 110 cm³/mol. The van der Waals surface area contributed by atoms with Gasteiger partial charge in [-0.05, 0) is 62.6 Å². The van der Waals surface area contributed by atoms with Crippen molar-refractivity contribution in [2.24, 2.45) is 0 Å². The third kappa shape index (κ3) is 5.36. The van der Waals surface area contributed by atoms with E-state index in [1.165, 1.54) is 11.8 Å². The Balaban J connectivity index is 1.55. The molecule has 0 aliphatic rings. The van der Waals surface area contributed by atoms with E-state index in [0.717, 1.165) is 28.1 Å². The fourth-order valence-electron chi connectivity index (χ4n) is 2.50. The Labute approximate surface area is 168 Å². The van der Waals surface area contributed by atoms with E-state index in [9.17, 15) is 4.79 Å². The number of thioether (sulfide) groups is 1. The zero-order valence-electron chi connectivity index (χ0n) is 16.4. The lowest BCUT2D eigenvalue weighted by molar-refractivity contribution is -0.115. The average molecular weight is 398 g/mol. The van der Waals surface area contributed by atoms with Crippen LogP contribution in [0.1, 0.15) is 29.5 Å². The van der Waals surface area contributed by atoms with Gasteiger partial charge in [-0.3, -0.25) is 4.79 Å². The molecule has 1 heterocycles. The van der Waals surface area contributed by atoms with Crippen LogP contribution in [0.2, 0.25) is 0 Å². The van der Waals surface area contributed by atoms with Crippen molar-refractivity contribution in [1.82, 2.24) is 10.2 Å². The summed E-state index contributed by atoms with van der Waals surface area (Å²) in [5.74, 6) is 0.995. The van der Waals surface area contributed by atoms with Crippen LogP contribution in [0.3, 0.4) is 0 Å². The molecule has 2 aromatic carbocycles. The van der Waals surface area contributed by atoms with Gasteiger partial charge in [-0.25, -0.2) is 0 Å². The molecule has 0 aliphatic carbocycles. The minimum Gasteiger partial charge on any atom is -0.484 e. The molecule has 0 radical (unpaired) electrons. The number of carbonyl (C=O) groups is 1. The average Bonchev–Trinajstić information content (AvgIpc) is 3.10. The topological polar surface area (TPSA) is 77.2 Å². The maximum Gasteiger partial charge on any atom is 0.277 e. The smallest absolute Gasteiger partial charge is 0.277 e. The van der Waals surface area contributed by atoms with Crippen LogP contribution in [0.5, 0.6) is 5.75 Å². The van der Waals surface area contributed by atoms with Crippen LogP contribution in [-0.4, -0.2) is 21.4 Å². The lowest BCUT2D eigenvalue weighted by Gasteiger charge is -2.12. The van der Waals surface area contributed by atoms with E-state index in [0.29, 0.717) is 11.1 Å². The molecular formula is C21H23N3O3S. The van der Waals surface area contributed by atoms with E-state index >= 15 is 0 Å². The molecule has 28 heavy (non-hydrogen) atoms. The summed E-state index contributed by atoms with van der Waals surface area (Å²) >= 11 is 1.22. The number of aryl methyl sites for hydroxylation is 3. The number of ether oxygens (including phenoxy) is 1. The minimum atomic E-state index is -0.383. The van der Waals surface area contributed by atoms with Crippen molar-refractivity contribution in [2.75, 3.05) is 5.32 Å². The van der Waals surface area contributed by atoms with Crippen molar-refractivity contribution in [3.8, 4) is 5.75 Å².